The normalized spacial score (nSPS) is 17.4. The highest BCUT2D eigenvalue weighted by atomic mass is 35.5. The van der Waals surface area contributed by atoms with Crippen LogP contribution in [0.15, 0.2) is 30.3 Å². The minimum Gasteiger partial charge on any atom is -0.367 e. The van der Waals surface area contributed by atoms with Gasteiger partial charge in [-0.05, 0) is 43.0 Å². The fourth-order valence-electron chi connectivity index (χ4n) is 3.45. The summed E-state index contributed by atoms with van der Waals surface area (Å²) in [6.45, 7) is 3.18. The van der Waals surface area contributed by atoms with Gasteiger partial charge in [0.25, 0.3) is 5.91 Å². The molecule has 3 nitrogen and oxygen atoms in total. The van der Waals surface area contributed by atoms with Crippen LogP contribution in [0.1, 0.15) is 26.5 Å². The third-order valence-electron chi connectivity index (χ3n) is 4.72. The Morgan fingerprint density at radius 1 is 1.09 bits per heavy atom. The molecule has 1 aromatic carbocycles. The molecular formula is C18H19ClN2OS. The lowest BCUT2D eigenvalue weighted by atomic mass is 10.2. The van der Waals surface area contributed by atoms with Gasteiger partial charge in [0, 0.05) is 31.1 Å². The fourth-order valence-corrected chi connectivity index (χ4v) is 4.93. The Morgan fingerprint density at radius 3 is 2.61 bits per heavy atom. The highest BCUT2D eigenvalue weighted by molar-refractivity contribution is 7.14. The maximum atomic E-state index is 12.7. The number of amides is 1. The van der Waals surface area contributed by atoms with E-state index < -0.39 is 0 Å². The van der Waals surface area contributed by atoms with Crippen molar-refractivity contribution in [3.63, 3.8) is 0 Å². The van der Waals surface area contributed by atoms with Gasteiger partial charge in [0.15, 0.2) is 0 Å². The largest absolute Gasteiger partial charge is 0.367 e. The van der Waals surface area contributed by atoms with Gasteiger partial charge in [-0.3, -0.25) is 4.79 Å². The lowest BCUT2D eigenvalue weighted by molar-refractivity contribution is 0.0751. The van der Waals surface area contributed by atoms with E-state index >= 15 is 0 Å². The zero-order chi connectivity index (χ0) is 15.8. The average molecular weight is 347 g/mol. The van der Waals surface area contributed by atoms with Crippen molar-refractivity contribution in [2.24, 2.45) is 0 Å². The van der Waals surface area contributed by atoms with Crippen LogP contribution in [0, 0.1) is 0 Å². The Labute approximate surface area is 145 Å². The van der Waals surface area contributed by atoms with E-state index in [0.717, 1.165) is 54.6 Å². The van der Waals surface area contributed by atoms with Crippen molar-refractivity contribution >= 4 is 34.5 Å². The van der Waals surface area contributed by atoms with Crippen LogP contribution in [0.25, 0.3) is 0 Å². The summed E-state index contributed by atoms with van der Waals surface area (Å²) in [7, 11) is 0. The van der Waals surface area contributed by atoms with Crippen LogP contribution in [-0.4, -0.2) is 37.0 Å². The molecule has 4 rings (SSSR count). The molecule has 2 aromatic rings. The Balaban J connectivity index is 1.43. The molecule has 1 amide bonds. The molecule has 0 unspecified atom stereocenters. The number of anilines is 1. The number of fused-ring (bicyclic) bond motifs is 1. The molecule has 0 radical (unpaired) electrons. The first kappa shape index (κ1) is 15.0. The van der Waals surface area contributed by atoms with Crippen LogP contribution in [0.5, 0.6) is 0 Å². The summed E-state index contributed by atoms with van der Waals surface area (Å²) in [5.74, 6) is 0.197. The molecular weight excluding hydrogens is 328 g/mol. The molecule has 1 saturated heterocycles. The Kier molecular flexibility index (Phi) is 4.04. The number of carbonyl (C=O) groups excluding carboxylic acids is 1. The lowest BCUT2D eigenvalue weighted by Crippen LogP contribution is -2.48. The number of benzene rings is 1. The number of piperazine rings is 1. The minimum absolute atomic E-state index is 0.197. The van der Waals surface area contributed by atoms with Crippen LogP contribution in [-0.2, 0) is 12.8 Å². The van der Waals surface area contributed by atoms with Crippen molar-refractivity contribution in [2.45, 2.75) is 19.3 Å². The first-order valence-electron chi connectivity index (χ1n) is 8.13. The second-order valence-corrected chi connectivity index (χ2v) is 7.69. The van der Waals surface area contributed by atoms with Crippen molar-refractivity contribution in [2.75, 3.05) is 31.1 Å². The van der Waals surface area contributed by atoms with E-state index in [1.807, 2.05) is 29.2 Å². The summed E-state index contributed by atoms with van der Waals surface area (Å²) in [5.41, 5.74) is 2.46. The number of rotatable bonds is 2. The van der Waals surface area contributed by atoms with Gasteiger partial charge in [0.2, 0.25) is 0 Å². The van der Waals surface area contributed by atoms with Crippen molar-refractivity contribution in [1.82, 2.24) is 4.90 Å². The molecule has 0 saturated carbocycles. The number of thiophene rings is 1. The minimum atomic E-state index is 0.197. The Hall–Kier alpha value is -1.52. The molecule has 2 heterocycles. The van der Waals surface area contributed by atoms with Gasteiger partial charge in [-0.2, -0.15) is 0 Å². The van der Waals surface area contributed by atoms with E-state index in [0.29, 0.717) is 0 Å². The lowest BCUT2D eigenvalue weighted by Gasteiger charge is -2.36. The van der Waals surface area contributed by atoms with E-state index in [4.69, 9.17) is 11.6 Å². The van der Waals surface area contributed by atoms with E-state index in [9.17, 15) is 4.79 Å². The van der Waals surface area contributed by atoms with Gasteiger partial charge in [0.05, 0.1) is 15.6 Å². The molecule has 1 aliphatic heterocycles. The number of hydrogen-bond donors (Lipinski definition) is 0. The molecule has 1 aromatic heterocycles. The molecule has 1 fully saturated rings. The number of carbonyl (C=O) groups is 1. The van der Waals surface area contributed by atoms with E-state index in [1.54, 1.807) is 11.3 Å². The summed E-state index contributed by atoms with van der Waals surface area (Å²) in [4.78, 5) is 19.3. The first-order chi connectivity index (χ1) is 11.2. The van der Waals surface area contributed by atoms with Gasteiger partial charge in [-0.15, -0.1) is 11.3 Å². The molecule has 1 aliphatic carbocycles. The van der Waals surface area contributed by atoms with Gasteiger partial charge in [-0.1, -0.05) is 23.7 Å². The van der Waals surface area contributed by atoms with Crippen molar-refractivity contribution in [1.29, 1.82) is 0 Å². The SMILES string of the molecule is O=C(c1cc2c(s1)CCC2)N1CCN(c2ccccc2Cl)CC1. The zero-order valence-corrected chi connectivity index (χ0v) is 14.5. The van der Waals surface area contributed by atoms with Gasteiger partial charge >= 0.3 is 0 Å². The molecule has 2 aliphatic rings. The smallest absolute Gasteiger partial charge is 0.264 e. The van der Waals surface area contributed by atoms with Crippen LogP contribution in [0.2, 0.25) is 5.02 Å². The van der Waals surface area contributed by atoms with Gasteiger partial charge in [0.1, 0.15) is 0 Å². The van der Waals surface area contributed by atoms with E-state index in [2.05, 4.69) is 11.0 Å². The number of aryl methyl sites for hydroxylation is 2. The molecule has 120 valence electrons. The predicted molar refractivity (Wildman–Crippen MR) is 95.9 cm³/mol. The molecule has 0 spiro atoms. The summed E-state index contributed by atoms with van der Waals surface area (Å²) in [6.07, 6.45) is 3.53. The quantitative estimate of drug-likeness (QED) is 0.824. The highest BCUT2D eigenvalue weighted by Crippen LogP contribution is 2.32. The number of nitrogens with zero attached hydrogens (tertiary/aromatic N) is 2. The maximum Gasteiger partial charge on any atom is 0.264 e. The summed E-state index contributed by atoms with van der Waals surface area (Å²) in [5, 5.41) is 0.780. The Bertz CT molecular complexity index is 713. The predicted octanol–water partition coefficient (Wildman–Crippen LogP) is 3.85. The molecule has 23 heavy (non-hydrogen) atoms. The molecule has 0 N–H and O–H groups in total. The third kappa shape index (κ3) is 2.86. The van der Waals surface area contributed by atoms with E-state index in [1.165, 1.54) is 16.9 Å². The van der Waals surface area contributed by atoms with Crippen LogP contribution in [0.3, 0.4) is 0 Å². The van der Waals surface area contributed by atoms with Gasteiger partial charge in [-0.25, -0.2) is 0 Å². The van der Waals surface area contributed by atoms with Crippen LogP contribution >= 0.6 is 22.9 Å². The van der Waals surface area contributed by atoms with E-state index in [-0.39, 0.29) is 5.91 Å². The maximum absolute atomic E-state index is 12.7. The average Bonchev–Trinajstić information content (AvgIpc) is 3.16. The van der Waals surface area contributed by atoms with Crippen LogP contribution < -0.4 is 4.90 Å². The van der Waals surface area contributed by atoms with Crippen molar-refractivity contribution < 1.29 is 4.79 Å². The number of halogens is 1. The first-order valence-corrected chi connectivity index (χ1v) is 9.32. The summed E-state index contributed by atoms with van der Waals surface area (Å²) >= 11 is 7.97. The molecule has 5 heteroatoms. The summed E-state index contributed by atoms with van der Waals surface area (Å²) in [6, 6.07) is 10.0. The Morgan fingerprint density at radius 2 is 1.87 bits per heavy atom. The van der Waals surface area contributed by atoms with Gasteiger partial charge < -0.3 is 9.80 Å². The summed E-state index contributed by atoms with van der Waals surface area (Å²) < 4.78 is 0. The van der Waals surface area contributed by atoms with Crippen LogP contribution in [0.4, 0.5) is 5.69 Å². The molecule has 0 atom stereocenters. The fraction of sp³-hybridized carbons (Fsp3) is 0.389. The molecule has 0 bridgehead atoms. The van der Waals surface area contributed by atoms with Crippen molar-refractivity contribution in [3.8, 4) is 0 Å². The second kappa shape index (κ2) is 6.17. The standard InChI is InChI=1S/C18H19ClN2OS/c19-14-5-1-2-6-15(14)20-8-10-21(11-9-20)18(22)17-12-13-4-3-7-16(13)23-17/h1-2,5-6,12H,3-4,7-11H2. The highest BCUT2D eigenvalue weighted by Gasteiger charge is 2.26. The zero-order valence-electron chi connectivity index (χ0n) is 12.9. The monoisotopic (exact) mass is 346 g/mol. The van der Waals surface area contributed by atoms with Crippen molar-refractivity contribution in [3.05, 3.63) is 50.7 Å². The topological polar surface area (TPSA) is 23.6 Å². The third-order valence-corrected chi connectivity index (χ3v) is 6.26. The second-order valence-electron chi connectivity index (χ2n) is 6.14. The number of hydrogen-bond acceptors (Lipinski definition) is 3. The number of para-hydroxylation sites is 1.